The van der Waals surface area contributed by atoms with Crippen molar-refractivity contribution in [2.24, 2.45) is 17.8 Å². The number of aliphatic hydroxyl groups is 1. The van der Waals surface area contributed by atoms with Gasteiger partial charge in [0.15, 0.2) is 0 Å². The number of nitrogens with zero attached hydrogens (tertiary/aromatic N) is 1. The van der Waals surface area contributed by atoms with Crippen LogP contribution in [0.1, 0.15) is 65.7 Å². The number of hydrogen-bond acceptors (Lipinski definition) is 5. The number of halogens is 1. The van der Waals surface area contributed by atoms with E-state index in [9.17, 15) is 19.5 Å². The van der Waals surface area contributed by atoms with E-state index >= 15 is 0 Å². The van der Waals surface area contributed by atoms with Gasteiger partial charge < -0.3 is 25.4 Å². The summed E-state index contributed by atoms with van der Waals surface area (Å²) in [6, 6.07) is -1.28. The Morgan fingerprint density at radius 3 is 2.55 bits per heavy atom. The van der Waals surface area contributed by atoms with Crippen LogP contribution in [-0.2, 0) is 19.1 Å². The van der Waals surface area contributed by atoms with E-state index in [2.05, 4.69) is 26.6 Å². The van der Waals surface area contributed by atoms with Crippen LogP contribution in [0.25, 0.3) is 0 Å². The molecule has 0 radical (unpaired) electrons. The molecule has 3 N–H and O–H groups in total. The summed E-state index contributed by atoms with van der Waals surface area (Å²) in [5, 5.41) is 16.4. The molecule has 3 saturated heterocycles. The fourth-order valence-electron chi connectivity index (χ4n) is 6.54. The molecule has 3 aliphatic heterocycles. The van der Waals surface area contributed by atoms with Gasteiger partial charge in [-0.1, -0.05) is 56.0 Å². The number of fused-ring (bicyclic) bond motifs is 1. The predicted molar refractivity (Wildman–Crippen MR) is 127 cm³/mol. The third kappa shape index (κ3) is 4.12. The number of likely N-dealkylation sites (tertiary alicyclic amines) is 1. The van der Waals surface area contributed by atoms with Gasteiger partial charge in [-0.25, -0.2) is 0 Å². The average molecular weight is 528 g/mol. The van der Waals surface area contributed by atoms with Gasteiger partial charge in [-0.3, -0.25) is 14.4 Å². The van der Waals surface area contributed by atoms with Crippen LogP contribution >= 0.6 is 15.9 Å². The molecule has 186 valence electrons. The van der Waals surface area contributed by atoms with Crippen molar-refractivity contribution in [3.8, 4) is 0 Å². The first kappa shape index (κ1) is 24.9. The van der Waals surface area contributed by atoms with Crippen molar-refractivity contribution in [3.63, 3.8) is 0 Å². The van der Waals surface area contributed by atoms with Crippen molar-refractivity contribution in [1.29, 1.82) is 0 Å². The van der Waals surface area contributed by atoms with Crippen LogP contribution in [0, 0.1) is 17.8 Å². The molecular formula is C24H38BrN3O5. The normalized spacial score (nSPS) is 36.8. The SMILES string of the molecule is CCCNC(=O)[C@H]1[C@@H]2OC3(CC2Br)C(C(=O)NC2CCCCC2)N([C@@H](CO)C(C)C)C(=O)[C@H]13. The van der Waals surface area contributed by atoms with Gasteiger partial charge >= 0.3 is 0 Å². The molecule has 1 saturated carbocycles. The van der Waals surface area contributed by atoms with Crippen LogP contribution < -0.4 is 10.6 Å². The molecule has 7 atom stereocenters. The van der Waals surface area contributed by atoms with Crippen LogP contribution in [0.4, 0.5) is 0 Å². The Bertz CT molecular complexity index is 773. The first-order valence-electron chi connectivity index (χ1n) is 12.6. The van der Waals surface area contributed by atoms with Crippen molar-refractivity contribution in [2.45, 2.75) is 100 Å². The van der Waals surface area contributed by atoms with E-state index in [0.29, 0.717) is 13.0 Å². The fraction of sp³-hybridized carbons (Fsp3) is 0.875. The summed E-state index contributed by atoms with van der Waals surface area (Å²) in [6.45, 7) is 6.14. The Morgan fingerprint density at radius 1 is 1.24 bits per heavy atom. The topological polar surface area (TPSA) is 108 Å². The summed E-state index contributed by atoms with van der Waals surface area (Å²) in [4.78, 5) is 42.4. The van der Waals surface area contributed by atoms with Crippen LogP contribution in [0.15, 0.2) is 0 Å². The molecule has 0 aromatic carbocycles. The molecule has 0 aromatic rings. The number of carbonyl (C=O) groups excluding carboxylic acids is 3. The maximum Gasteiger partial charge on any atom is 0.246 e. The van der Waals surface area contributed by atoms with Crippen molar-refractivity contribution in [2.75, 3.05) is 13.2 Å². The second-order valence-electron chi connectivity index (χ2n) is 10.5. The number of nitrogens with one attached hydrogen (secondary N) is 2. The van der Waals surface area contributed by atoms with Crippen LogP contribution in [-0.4, -0.2) is 75.5 Å². The van der Waals surface area contributed by atoms with Gasteiger partial charge in [0.1, 0.15) is 11.6 Å². The summed E-state index contributed by atoms with van der Waals surface area (Å²) in [6.07, 6.45) is 6.04. The minimum atomic E-state index is -1.06. The molecule has 3 amide bonds. The van der Waals surface area contributed by atoms with E-state index in [1.54, 1.807) is 4.90 Å². The van der Waals surface area contributed by atoms with E-state index in [-0.39, 0.29) is 41.1 Å². The van der Waals surface area contributed by atoms with Gasteiger partial charge in [0.2, 0.25) is 17.7 Å². The summed E-state index contributed by atoms with van der Waals surface area (Å²) in [5.41, 5.74) is -1.06. The summed E-state index contributed by atoms with van der Waals surface area (Å²) < 4.78 is 6.50. The van der Waals surface area contributed by atoms with Crippen molar-refractivity contribution in [1.82, 2.24) is 15.5 Å². The predicted octanol–water partition coefficient (Wildman–Crippen LogP) is 1.73. The highest BCUT2D eigenvalue weighted by Gasteiger charge is 2.77. The average Bonchev–Trinajstić information content (AvgIpc) is 3.37. The van der Waals surface area contributed by atoms with Gasteiger partial charge in [-0.15, -0.1) is 0 Å². The molecule has 3 unspecified atom stereocenters. The third-order valence-electron chi connectivity index (χ3n) is 8.09. The fourth-order valence-corrected chi connectivity index (χ4v) is 7.48. The lowest BCUT2D eigenvalue weighted by molar-refractivity contribution is -0.147. The standard InChI is InChI=1S/C24H38BrN3O5/c1-4-10-26-21(30)17-18-23(32)28(16(12-29)13(2)3)20(24(18)11-15(25)19(17)33-24)22(31)27-14-8-6-5-7-9-14/h13-20,29H,4-12H2,1-3H3,(H,26,30)(H,27,31)/t15?,16-,17+,18-,19+,20?,24?/m0/s1. The van der Waals surface area contributed by atoms with E-state index in [4.69, 9.17) is 4.74 Å². The zero-order chi connectivity index (χ0) is 23.9. The number of hydrogen-bond donors (Lipinski definition) is 3. The maximum atomic E-state index is 13.9. The molecule has 1 spiro atoms. The Kier molecular flexibility index (Phi) is 7.41. The largest absolute Gasteiger partial charge is 0.394 e. The number of alkyl halides is 1. The molecule has 2 bridgehead atoms. The highest BCUT2D eigenvalue weighted by atomic mass is 79.9. The molecule has 4 fully saturated rings. The summed E-state index contributed by atoms with van der Waals surface area (Å²) >= 11 is 3.69. The van der Waals surface area contributed by atoms with Gasteiger partial charge in [0.05, 0.1) is 30.6 Å². The Morgan fingerprint density at radius 2 is 1.94 bits per heavy atom. The van der Waals surface area contributed by atoms with E-state index in [0.717, 1.165) is 32.1 Å². The van der Waals surface area contributed by atoms with Gasteiger partial charge in [0, 0.05) is 17.4 Å². The van der Waals surface area contributed by atoms with E-state index < -0.39 is 35.6 Å². The maximum absolute atomic E-state index is 13.9. The van der Waals surface area contributed by atoms with Crippen LogP contribution in [0.2, 0.25) is 0 Å². The molecular weight excluding hydrogens is 490 g/mol. The second kappa shape index (κ2) is 9.82. The van der Waals surface area contributed by atoms with Gasteiger partial charge in [0.25, 0.3) is 0 Å². The Labute approximate surface area is 204 Å². The molecule has 1 aliphatic carbocycles. The van der Waals surface area contributed by atoms with E-state index in [1.807, 2.05) is 20.8 Å². The molecule has 4 rings (SSSR count). The molecule has 0 aromatic heterocycles. The smallest absolute Gasteiger partial charge is 0.246 e. The molecule has 4 aliphatic rings. The van der Waals surface area contributed by atoms with Gasteiger partial charge in [-0.2, -0.15) is 0 Å². The number of aliphatic hydroxyl groups excluding tert-OH is 1. The number of ether oxygens (including phenoxy) is 1. The Hall–Kier alpha value is -1.19. The number of carbonyl (C=O) groups is 3. The monoisotopic (exact) mass is 527 g/mol. The third-order valence-corrected chi connectivity index (χ3v) is 8.94. The highest BCUT2D eigenvalue weighted by molar-refractivity contribution is 9.09. The first-order valence-corrected chi connectivity index (χ1v) is 13.5. The zero-order valence-corrected chi connectivity index (χ0v) is 21.5. The molecule has 33 heavy (non-hydrogen) atoms. The lowest BCUT2D eigenvalue weighted by atomic mass is 9.70. The first-order chi connectivity index (χ1) is 15.8. The van der Waals surface area contributed by atoms with Crippen molar-refractivity contribution >= 4 is 33.7 Å². The zero-order valence-electron chi connectivity index (χ0n) is 19.9. The van der Waals surface area contributed by atoms with Crippen LogP contribution in [0.5, 0.6) is 0 Å². The molecule has 3 heterocycles. The highest BCUT2D eigenvalue weighted by Crippen LogP contribution is 2.60. The lowest BCUT2D eigenvalue weighted by Crippen LogP contribution is -2.60. The molecule has 9 heteroatoms. The summed E-state index contributed by atoms with van der Waals surface area (Å²) in [7, 11) is 0. The van der Waals surface area contributed by atoms with Gasteiger partial charge in [-0.05, 0) is 31.6 Å². The quantitative estimate of drug-likeness (QED) is 0.416. The van der Waals surface area contributed by atoms with Crippen molar-refractivity contribution in [3.05, 3.63) is 0 Å². The lowest BCUT2D eigenvalue weighted by Gasteiger charge is -2.39. The minimum Gasteiger partial charge on any atom is -0.394 e. The van der Waals surface area contributed by atoms with Crippen LogP contribution in [0.3, 0.4) is 0 Å². The summed E-state index contributed by atoms with van der Waals surface area (Å²) in [5.74, 6) is -2.07. The molecule has 8 nitrogen and oxygen atoms in total. The Balaban J connectivity index is 1.71. The number of amides is 3. The number of rotatable bonds is 8. The minimum absolute atomic E-state index is 0.0523. The van der Waals surface area contributed by atoms with E-state index in [1.165, 1.54) is 6.42 Å². The van der Waals surface area contributed by atoms with Crippen molar-refractivity contribution < 1.29 is 24.2 Å². The second-order valence-corrected chi connectivity index (χ2v) is 11.7.